The van der Waals surface area contributed by atoms with E-state index < -0.39 is 0 Å². The monoisotopic (exact) mass is 252 g/mol. The molecule has 0 aliphatic carbocycles. The summed E-state index contributed by atoms with van der Waals surface area (Å²) < 4.78 is 10.4. The second kappa shape index (κ2) is 7.55. The van der Waals surface area contributed by atoms with Crippen LogP contribution < -0.4 is 20.1 Å². The highest BCUT2D eigenvalue weighted by atomic mass is 16.5. The van der Waals surface area contributed by atoms with Crippen molar-refractivity contribution in [3.63, 3.8) is 0 Å². The highest BCUT2D eigenvalue weighted by molar-refractivity contribution is 5.77. The summed E-state index contributed by atoms with van der Waals surface area (Å²) in [5.74, 6) is 1.47. The summed E-state index contributed by atoms with van der Waals surface area (Å²) in [6.07, 6.45) is 0. The Morgan fingerprint density at radius 1 is 1.17 bits per heavy atom. The third-order valence-electron chi connectivity index (χ3n) is 2.40. The number of benzene rings is 1. The van der Waals surface area contributed by atoms with Crippen LogP contribution in [0.2, 0.25) is 0 Å². The Balaban J connectivity index is 2.53. The Bertz CT molecular complexity index is 372. The van der Waals surface area contributed by atoms with Gasteiger partial charge in [0, 0.05) is 19.2 Å². The number of ether oxygens (including phenoxy) is 2. The third-order valence-corrected chi connectivity index (χ3v) is 2.40. The maximum absolute atomic E-state index is 11.3. The lowest BCUT2D eigenvalue weighted by Crippen LogP contribution is -2.33. The van der Waals surface area contributed by atoms with E-state index in [2.05, 4.69) is 10.6 Å². The fourth-order valence-corrected chi connectivity index (χ4v) is 1.55. The molecule has 0 aromatic heterocycles. The van der Waals surface area contributed by atoms with Gasteiger partial charge in [0.15, 0.2) is 0 Å². The number of likely N-dealkylation sites (N-methyl/N-ethyl adjacent to an activating group) is 1. The maximum Gasteiger partial charge on any atom is 0.233 e. The highest BCUT2D eigenvalue weighted by Gasteiger charge is 2.03. The first-order valence-corrected chi connectivity index (χ1v) is 5.89. The zero-order chi connectivity index (χ0) is 13.4. The minimum Gasteiger partial charge on any atom is -0.497 e. The number of methoxy groups -OCH3 is 2. The van der Waals surface area contributed by atoms with Crippen LogP contribution >= 0.6 is 0 Å². The minimum absolute atomic E-state index is 0.00707. The molecule has 0 fully saturated rings. The van der Waals surface area contributed by atoms with Crippen LogP contribution in [-0.4, -0.2) is 33.2 Å². The average Bonchev–Trinajstić information content (AvgIpc) is 2.38. The molecule has 0 saturated carbocycles. The van der Waals surface area contributed by atoms with E-state index in [0.717, 1.165) is 17.1 Å². The molecule has 0 unspecified atom stereocenters. The van der Waals surface area contributed by atoms with E-state index in [1.807, 2.05) is 25.1 Å². The largest absolute Gasteiger partial charge is 0.497 e. The fraction of sp³-hybridized carbons (Fsp3) is 0.462. The lowest BCUT2D eigenvalue weighted by atomic mass is 10.2. The third kappa shape index (κ3) is 4.63. The fourth-order valence-electron chi connectivity index (χ4n) is 1.55. The zero-order valence-electron chi connectivity index (χ0n) is 11.1. The molecule has 0 bridgehead atoms. The van der Waals surface area contributed by atoms with Crippen molar-refractivity contribution in [3.8, 4) is 11.5 Å². The van der Waals surface area contributed by atoms with Gasteiger partial charge in [0.2, 0.25) is 5.91 Å². The lowest BCUT2D eigenvalue weighted by molar-refractivity contribution is -0.120. The molecule has 5 heteroatoms. The van der Waals surface area contributed by atoms with Gasteiger partial charge < -0.3 is 20.1 Å². The summed E-state index contributed by atoms with van der Waals surface area (Å²) in [4.78, 5) is 11.3. The number of rotatable bonds is 7. The molecule has 1 aromatic rings. The smallest absolute Gasteiger partial charge is 0.233 e. The number of hydrogen-bond acceptors (Lipinski definition) is 4. The Labute approximate surface area is 107 Å². The van der Waals surface area contributed by atoms with Crippen LogP contribution in [0, 0.1) is 0 Å². The molecule has 2 N–H and O–H groups in total. The zero-order valence-corrected chi connectivity index (χ0v) is 11.1. The predicted molar refractivity (Wildman–Crippen MR) is 69.9 cm³/mol. The molecule has 18 heavy (non-hydrogen) atoms. The number of nitrogens with one attached hydrogen (secondary N) is 2. The van der Waals surface area contributed by atoms with E-state index in [-0.39, 0.29) is 5.91 Å². The van der Waals surface area contributed by atoms with Gasteiger partial charge in [-0.2, -0.15) is 0 Å². The SMILES string of the molecule is CCNC(=O)CNCc1cc(OC)cc(OC)c1. The van der Waals surface area contributed by atoms with E-state index in [1.165, 1.54) is 0 Å². The molecule has 100 valence electrons. The Morgan fingerprint density at radius 2 is 1.78 bits per heavy atom. The van der Waals surface area contributed by atoms with Crippen molar-refractivity contribution in [1.82, 2.24) is 10.6 Å². The summed E-state index contributed by atoms with van der Waals surface area (Å²) in [6.45, 7) is 3.43. The van der Waals surface area contributed by atoms with Crippen LogP contribution in [0.4, 0.5) is 0 Å². The van der Waals surface area contributed by atoms with Crippen molar-refractivity contribution in [2.75, 3.05) is 27.3 Å². The van der Waals surface area contributed by atoms with Gasteiger partial charge in [-0.15, -0.1) is 0 Å². The van der Waals surface area contributed by atoms with E-state index in [9.17, 15) is 4.79 Å². The van der Waals surface area contributed by atoms with Crippen molar-refractivity contribution in [3.05, 3.63) is 23.8 Å². The first-order chi connectivity index (χ1) is 8.69. The van der Waals surface area contributed by atoms with E-state index in [1.54, 1.807) is 14.2 Å². The summed E-state index contributed by atoms with van der Waals surface area (Å²) in [6, 6.07) is 5.63. The van der Waals surface area contributed by atoms with Gasteiger partial charge in [0.25, 0.3) is 0 Å². The lowest BCUT2D eigenvalue weighted by Gasteiger charge is -2.09. The van der Waals surface area contributed by atoms with Crippen LogP contribution in [0.1, 0.15) is 12.5 Å². The van der Waals surface area contributed by atoms with Crippen LogP contribution in [-0.2, 0) is 11.3 Å². The quantitative estimate of drug-likeness (QED) is 0.758. The van der Waals surface area contributed by atoms with Gasteiger partial charge in [-0.05, 0) is 24.6 Å². The molecule has 0 spiro atoms. The van der Waals surface area contributed by atoms with Crippen LogP contribution in [0.15, 0.2) is 18.2 Å². The van der Waals surface area contributed by atoms with Crippen LogP contribution in [0.5, 0.6) is 11.5 Å². The highest BCUT2D eigenvalue weighted by Crippen LogP contribution is 2.22. The number of amides is 1. The number of carbonyl (C=O) groups is 1. The topological polar surface area (TPSA) is 59.6 Å². The Kier molecular flexibility index (Phi) is 6.00. The first kappa shape index (κ1) is 14.3. The molecule has 0 aliphatic heterocycles. The van der Waals surface area contributed by atoms with E-state index in [4.69, 9.17) is 9.47 Å². The molecular formula is C13H20N2O3. The molecule has 0 saturated heterocycles. The molecular weight excluding hydrogens is 232 g/mol. The van der Waals surface area contributed by atoms with Crippen molar-refractivity contribution in [2.45, 2.75) is 13.5 Å². The summed E-state index contributed by atoms with van der Waals surface area (Å²) >= 11 is 0. The molecule has 0 atom stereocenters. The van der Waals surface area contributed by atoms with E-state index >= 15 is 0 Å². The Hall–Kier alpha value is -1.75. The number of carbonyl (C=O) groups excluding carboxylic acids is 1. The van der Waals surface area contributed by atoms with Crippen molar-refractivity contribution in [1.29, 1.82) is 0 Å². The van der Waals surface area contributed by atoms with Crippen molar-refractivity contribution < 1.29 is 14.3 Å². The van der Waals surface area contributed by atoms with Crippen LogP contribution in [0.3, 0.4) is 0 Å². The molecule has 1 amide bonds. The molecule has 0 aliphatic rings. The predicted octanol–water partition coefficient (Wildman–Crippen LogP) is 0.929. The summed E-state index contributed by atoms with van der Waals surface area (Å²) in [7, 11) is 3.22. The second-order valence-corrected chi connectivity index (χ2v) is 3.78. The summed E-state index contributed by atoms with van der Waals surface area (Å²) in [5.41, 5.74) is 1.01. The van der Waals surface area contributed by atoms with Crippen molar-refractivity contribution >= 4 is 5.91 Å². The van der Waals surface area contributed by atoms with E-state index in [0.29, 0.717) is 19.6 Å². The number of hydrogen-bond donors (Lipinski definition) is 2. The minimum atomic E-state index is -0.00707. The molecule has 5 nitrogen and oxygen atoms in total. The van der Waals surface area contributed by atoms with Gasteiger partial charge in [-0.1, -0.05) is 0 Å². The molecule has 0 radical (unpaired) electrons. The van der Waals surface area contributed by atoms with Gasteiger partial charge in [-0.25, -0.2) is 0 Å². The molecule has 0 heterocycles. The Morgan fingerprint density at radius 3 is 2.28 bits per heavy atom. The van der Waals surface area contributed by atoms with Crippen molar-refractivity contribution in [2.24, 2.45) is 0 Å². The van der Waals surface area contributed by atoms with Gasteiger partial charge in [-0.3, -0.25) is 4.79 Å². The first-order valence-electron chi connectivity index (χ1n) is 5.89. The van der Waals surface area contributed by atoms with Gasteiger partial charge in [0.05, 0.1) is 20.8 Å². The molecule has 1 aromatic carbocycles. The second-order valence-electron chi connectivity index (χ2n) is 3.78. The van der Waals surface area contributed by atoms with Gasteiger partial charge >= 0.3 is 0 Å². The average molecular weight is 252 g/mol. The standard InChI is InChI=1S/C13H20N2O3/c1-4-15-13(16)9-14-8-10-5-11(17-2)7-12(6-10)18-3/h5-7,14H,4,8-9H2,1-3H3,(H,15,16). The summed E-state index contributed by atoms with van der Waals surface area (Å²) in [5, 5.41) is 5.79. The molecule has 1 rings (SSSR count). The van der Waals surface area contributed by atoms with Gasteiger partial charge in [0.1, 0.15) is 11.5 Å². The van der Waals surface area contributed by atoms with Crippen LogP contribution in [0.25, 0.3) is 0 Å². The maximum atomic E-state index is 11.3. The normalized spacial score (nSPS) is 9.94.